The van der Waals surface area contributed by atoms with Crippen molar-refractivity contribution in [2.45, 2.75) is 30.7 Å². The highest BCUT2D eigenvalue weighted by atomic mass is 32.2. The first-order valence-corrected chi connectivity index (χ1v) is 8.50. The van der Waals surface area contributed by atoms with E-state index in [1.54, 1.807) is 18.9 Å². The zero-order chi connectivity index (χ0) is 15.1. The van der Waals surface area contributed by atoms with Crippen LogP contribution in [0.2, 0.25) is 0 Å². The highest BCUT2D eigenvalue weighted by Gasteiger charge is 2.25. The lowest BCUT2D eigenvalue weighted by molar-refractivity contribution is -0.130. The van der Waals surface area contributed by atoms with Crippen LogP contribution in [0.25, 0.3) is 0 Å². The van der Waals surface area contributed by atoms with E-state index in [1.807, 2.05) is 29.2 Å². The van der Waals surface area contributed by atoms with Crippen molar-refractivity contribution in [2.24, 2.45) is 0 Å². The SMILES string of the molecule is CCCN(C(=O)CSc1cccc(OC)c1)C1CCNC1. The minimum atomic E-state index is 0.235. The molecule has 1 N–H and O–H groups in total. The van der Waals surface area contributed by atoms with Gasteiger partial charge in [0.2, 0.25) is 5.91 Å². The van der Waals surface area contributed by atoms with E-state index in [9.17, 15) is 4.79 Å². The van der Waals surface area contributed by atoms with Gasteiger partial charge in [-0.3, -0.25) is 4.79 Å². The molecule has 0 saturated carbocycles. The van der Waals surface area contributed by atoms with Crippen LogP contribution in [0.3, 0.4) is 0 Å². The molecule has 1 saturated heterocycles. The minimum absolute atomic E-state index is 0.235. The first-order chi connectivity index (χ1) is 10.2. The third-order valence-corrected chi connectivity index (χ3v) is 4.64. The summed E-state index contributed by atoms with van der Waals surface area (Å²) in [5, 5.41) is 3.34. The maximum atomic E-state index is 12.5. The lowest BCUT2D eigenvalue weighted by atomic mass is 10.2. The second-order valence-electron chi connectivity index (χ2n) is 5.20. The average molecular weight is 308 g/mol. The van der Waals surface area contributed by atoms with Gasteiger partial charge in [-0.2, -0.15) is 0 Å². The summed E-state index contributed by atoms with van der Waals surface area (Å²) in [6, 6.07) is 8.22. The molecule has 1 aliphatic heterocycles. The van der Waals surface area contributed by atoms with Gasteiger partial charge in [0, 0.05) is 24.0 Å². The van der Waals surface area contributed by atoms with Gasteiger partial charge in [0.05, 0.1) is 12.9 Å². The molecule has 5 heteroatoms. The molecule has 1 fully saturated rings. The summed E-state index contributed by atoms with van der Waals surface area (Å²) in [4.78, 5) is 15.6. The maximum Gasteiger partial charge on any atom is 0.233 e. The normalized spacial score (nSPS) is 17.7. The van der Waals surface area contributed by atoms with Crippen LogP contribution in [0.4, 0.5) is 0 Å². The molecule has 0 spiro atoms. The Labute approximate surface area is 131 Å². The number of nitrogens with zero attached hydrogens (tertiary/aromatic N) is 1. The first-order valence-electron chi connectivity index (χ1n) is 7.51. The summed E-state index contributed by atoms with van der Waals surface area (Å²) in [7, 11) is 1.66. The molecular weight excluding hydrogens is 284 g/mol. The van der Waals surface area contributed by atoms with E-state index >= 15 is 0 Å². The number of carbonyl (C=O) groups is 1. The molecule has 116 valence electrons. The van der Waals surface area contributed by atoms with Gasteiger partial charge >= 0.3 is 0 Å². The van der Waals surface area contributed by atoms with E-state index in [4.69, 9.17) is 4.74 Å². The first kappa shape index (κ1) is 16.2. The number of carbonyl (C=O) groups excluding carboxylic acids is 1. The van der Waals surface area contributed by atoms with Crippen LogP contribution in [-0.4, -0.2) is 49.3 Å². The average Bonchev–Trinajstić information content (AvgIpc) is 3.04. The predicted octanol–water partition coefficient (Wildman–Crippen LogP) is 2.39. The number of hydrogen-bond donors (Lipinski definition) is 1. The number of benzene rings is 1. The topological polar surface area (TPSA) is 41.6 Å². The van der Waals surface area contributed by atoms with Gasteiger partial charge in [0.1, 0.15) is 5.75 Å². The highest BCUT2D eigenvalue weighted by molar-refractivity contribution is 8.00. The molecule has 0 radical (unpaired) electrons. The zero-order valence-electron chi connectivity index (χ0n) is 12.8. The highest BCUT2D eigenvalue weighted by Crippen LogP contribution is 2.23. The molecule has 2 rings (SSSR count). The largest absolute Gasteiger partial charge is 0.497 e. The van der Waals surface area contributed by atoms with Crippen LogP contribution in [0, 0.1) is 0 Å². The number of methoxy groups -OCH3 is 1. The zero-order valence-corrected chi connectivity index (χ0v) is 13.6. The van der Waals surface area contributed by atoms with Gasteiger partial charge < -0.3 is 15.0 Å². The van der Waals surface area contributed by atoms with Crippen LogP contribution in [0.1, 0.15) is 19.8 Å². The second kappa shape index (κ2) is 8.29. The number of ether oxygens (including phenoxy) is 1. The molecule has 1 atom stereocenters. The number of thioether (sulfide) groups is 1. The quantitative estimate of drug-likeness (QED) is 0.785. The summed E-state index contributed by atoms with van der Waals surface area (Å²) in [5.41, 5.74) is 0. The van der Waals surface area contributed by atoms with Crippen molar-refractivity contribution in [3.05, 3.63) is 24.3 Å². The van der Waals surface area contributed by atoms with E-state index in [2.05, 4.69) is 12.2 Å². The summed E-state index contributed by atoms with van der Waals surface area (Å²) < 4.78 is 5.21. The Morgan fingerprint density at radius 2 is 2.38 bits per heavy atom. The summed E-state index contributed by atoms with van der Waals surface area (Å²) >= 11 is 1.58. The van der Waals surface area contributed by atoms with Crippen molar-refractivity contribution in [1.82, 2.24) is 10.2 Å². The molecule has 1 heterocycles. The third-order valence-electron chi connectivity index (χ3n) is 3.66. The summed E-state index contributed by atoms with van der Waals surface area (Å²) in [6.07, 6.45) is 2.07. The Kier molecular flexibility index (Phi) is 6.39. The Balaban J connectivity index is 1.91. The van der Waals surface area contributed by atoms with Crippen LogP contribution in [-0.2, 0) is 4.79 Å². The molecule has 1 aromatic carbocycles. The fourth-order valence-electron chi connectivity index (χ4n) is 2.58. The molecule has 1 amide bonds. The Morgan fingerprint density at radius 3 is 3.05 bits per heavy atom. The number of rotatable bonds is 7. The van der Waals surface area contributed by atoms with Crippen molar-refractivity contribution in [1.29, 1.82) is 0 Å². The molecule has 1 aliphatic rings. The molecule has 21 heavy (non-hydrogen) atoms. The smallest absolute Gasteiger partial charge is 0.233 e. The van der Waals surface area contributed by atoms with E-state index in [0.717, 1.165) is 43.1 Å². The van der Waals surface area contributed by atoms with Crippen molar-refractivity contribution in [2.75, 3.05) is 32.5 Å². The van der Waals surface area contributed by atoms with E-state index in [1.165, 1.54) is 0 Å². The van der Waals surface area contributed by atoms with Crippen LogP contribution < -0.4 is 10.1 Å². The van der Waals surface area contributed by atoms with Crippen LogP contribution in [0.5, 0.6) is 5.75 Å². The second-order valence-corrected chi connectivity index (χ2v) is 6.25. The molecule has 0 bridgehead atoms. The maximum absolute atomic E-state index is 12.5. The predicted molar refractivity (Wildman–Crippen MR) is 87.0 cm³/mol. The number of amides is 1. The van der Waals surface area contributed by atoms with Crippen LogP contribution in [0.15, 0.2) is 29.2 Å². The van der Waals surface area contributed by atoms with E-state index in [-0.39, 0.29) is 5.91 Å². The van der Waals surface area contributed by atoms with Crippen molar-refractivity contribution < 1.29 is 9.53 Å². The van der Waals surface area contributed by atoms with Gasteiger partial charge in [-0.15, -0.1) is 11.8 Å². The monoisotopic (exact) mass is 308 g/mol. The molecule has 4 nitrogen and oxygen atoms in total. The fourth-order valence-corrected chi connectivity index (χ4v) is 3.41. The van der Waals surface area contributed by atoms with Crippen LogP contribution >= 0.6 is 11.8 Å². The van der Waals surface area contributed by atoms with Crippen molar-refractivity contribution in [3.8, 4) is 5.75 Å². The van der Waals surface area contributed by atoms with E-state index in [0.29, 0.717) is 11.8 Å². The third kappa shape index (κ3) is 4.64. The summed E-state index contributed by atoms with van der Waals surface area (Å²) in [5.74, 6) is 1.56. The van der Waals surface area contributed by atoms with Gasteiger partial charge in [-0.1, -0.05) is 13.0 Å². The number of hydrogen-bond acceptors (Lipinski definition) is 4. The Hall–Kier alpha value is -1.20. The molecule has 1 aromatic rings. The number of nitrogens with one attached hydrogen (secondary N) is 1. The molecule has 0 aromatic heterocycles. The Morgan fingerprint density at radius 1 is 1.52 bits per heavy atom. The fraction of sp³-hybridized carbons (Fsp3) is 0.562. The van der Waals surface area contributed by atoms with Gasteiger partial charge in [0.15, 0.2) is 0 Å². The molecular formula is C16H24N2O2S. The molecule has 0 aliphatic carbocycles. The van der Waals surface area contributed by atoms with Gasteiger partial charge in [-0.25, -0.2) is 0 Å². The Bertz CT molecular complexity index is 461. The molecule has 1 unspecified atom stereocenters. The lowest BCUT2D eigenvalue weighted by Crippen LogP contribution is -2.43. The van der Waals surface area contributed by atoms with Gasteiger partial charge in [-0.05, 0) is 37.6 Å². The standard InChI is InChI=1S/C16H24N2O2S/c1-3-9-18(13-7-8-17-11-13)16(19)12-21-15-6-4-5-14(10-15)20-2/h4-6,10,13,17H,3,7-9,11-12H2,1-2H3. The van der Waals surface area contributed by atoms with Crippen molar-refractivity contribution >= 4 is 17.7 Å². The van der Waals surface area contributed by atoms with Crippen molar-refractivity contribution in [3.63, 3.8) is 0 Å². The van der Waals surface area contributed by atoms with Gasteiger partial charge in [0.25, 0.3) is 0 Å². The lowest BCUT2D eigenvalue weighted by Gasteiger charge is -2.28. The summed E-state index contributed by atoms with van der Waals surface area (Å²) in [6.45, 7) is 4.92. The van der Waals surface area contributed by atoms with E-state index < -0.39 is 0 Å². The minimum Gasteiger partial charge on any atom is -0.497 e.